The fraction of sp³-hybridized carbons (Fsp3) is 0.535. The minimum absolute atomic E-state index is 0.0578. The lowest BCUT2D eigenvalue weighted by molar-refractivity contribution is -0.322. The zero-order valence-corrected chi connectivity index (χ0v) is 33.8. The molecule has 1 saturated heterocycles. The second-order valence-electron chi connectivity index (χ2n) is 17.4. The van der Waals surface area contributed by atoms with E-state index in [1.54, 1.807) is 69.3 Å². The van der Waals surface area contributed by atoms with Gasteiger partial charge in [0, 0.05) is 25.2 Å². The molecule has 1 heterocycles. The van der Waals surface area contributed by atoms with Gasteiger partial charge in [-0.15, -0.1) is 0 Å². The smallest absolute Gasteiger partial charge is 0.408 e. The van der Waals surface area contributed by atoms with Gasteiger partial charge in [0.25, 0.3) is 0 Å². The first-order chi connectivity index (χ1) is 27.0. The summed E-state index contributed by atoms with van der Waals surface area (Å²) in [7, 11) is 0. The van der Waals surface area contributed by atoms with Crippen LogP contribution in [0.4, 0.5) is 4.79 Å². The van der Waals surface area contributed by atoms with E-state index in [1.165, 1.54) is 39.8 Å². The normalized spacial score (nSPS) is 32.4. The average molecular weight is 806 g/mol. The van der Waals surface area contributed by atoms with Gasteiger partial charge in [-0.2, -0.15) is 0 Å². The van der Waals surface area contributed by atoms with Crippen LogP contribution in [0.5, 0.6) is 0 Å². The van der Waals surface area contributed by atoms with E-state index < -0.39 is 112 Å². The maximum Gasteiger partial charge on any atom is 0.408 e. The summed E-state index contributed by atoms with van der Waals surface area (Å²) in [6.07, 6.45) is -10.4. The molecule has 15 nitrogen and oxygen atoms in total. The minimum Gasteiger partial charge on any atom is -0.456 e. The monoisotopic (exact) mass is 805 g/mol. The molecule has 1 aliphatic heterocycles. The molecule has 2 aromatic carbocycles. The van der Waals surface area contributed by atoms with Crippen LogP contribution in [-0.4, -0.2) is 105 Å². The van der Waals surface area contributed by atoms with Gasteiger partial charge in [-0.25, -0.2) is 14.4 Å². The zero-order valence-electron chi connectivity index (χ0n) is 33.8. The number of carbonyl (C=O) groups excluding carboxylic acids is 6. The second kappa shape index (κ2) is 15.0. The molecule has 3 aliphatic carbocycles. The standard InChI is InChI=1S/C43H51NO14/c1-22-26(55-37(51)32(48)30(24-15-11-9-12-16-24)44-38(52)58-39(3,4)5)20-43(53)35(56-36(50)25-17-13-10-14-18-25)33-41(8,34(49)31(47)29(22)40(43,6)7)27(46)19-28-42(33,21-54-28)57-23(2)45/h9-18,26,28,30-33,35,47-48,53H,19-21H2,1-8H3,(H,44,52)/t26-,28+,30-,31+,32+,33-,35-,41+,42-,43+/m0/s1. The number of ketones is 2. The molecule has 0 radical (unpaired) electrons. The Bertz CT molecular complexity index is 2020. The molecule has 1 amide bonds. The van der Waals surface area contributed by atoms with Crippen LogP contribution in [0.2, 0.25) is 0 Å². The first kappa shape index (κ1) is 42.6. The van der Waals surface area contributed by atoms with E-state index in [0.29, 0.717) is 5.56 Å². The van der Waals surface area contributed by atoms with Crippen LogP contribution in [0.3, 0.4) is 0 Å². The van der Waals surface area contributed by atoms with Crippen LogP contribution >= 0.6 is 0 Å². The van der Waals surface area contributed by atoms with Crippen LogP contribution in [-0.2, 0) is 42.9 Å². The molecular formula is C43H51NO14. The number of rotatable bonds is 8. The molecule has 0 aromatic heterocycles. The number of Topliss-reactive ketones (excluding diaryl/α,β-unsaturated/α-hetero) is 2. The number of nitrogens with one attached hydrogen (secondary N) is 1. The summed E-state index contributed by atoms with van der Waals surface area (Å²) in [5, 5.41) is 39.6. The van der Waals surface area contributed by atoms with Crippen molar-refractivity contribution in [2.75, 3.05) is 6.61 Å². The van der Waals surface area contributed by atoms with E-state index in [4.69, 9.17) is 23.7 Å². The van der Waals surface area contributed by atoms with Crippen molar-refractivity contribution in [3.05, 3.63) is 82.9 Å². The number of benzene rings is 2. The highest BCUT2D eigenvalue weighted by atomic mass is 16.6. The van der Waals surface area contributed by atoms with E-state index in [-0.39, 0.29) is 29.7 Å². The molecular weight excluding hydrogens is 754 g/mol. The Labute approximate surface area is 336 Å². The Balaban J connectivity index is 1.49. The number of aliphatic hydroxyl groups excluding tert-OH is 2. The highest BCUT2D eigenvalue weighted by Crippen LogP contribution is 2.63. The number of hydrogen-bond donors (Lipinski definition) is 4. The molecule has 312 valence electrons. The third-order valence-electron chi connectivity index (χ3n) is 12.3. The Morgan fingerprint density at radius 2 is 1.55 bits per heavy atom. The van der Waals surface area contributed by atoms with E-state index in [2.05, 4.69) is 5.32 Å². The molecule has 0 unspecified atom stereocenters. The number of alkyl carbamates (subject to hydrolysis) is 1. The van der Waals surface area contributed by atoms with Crippen LogP contribution in [0.15, 0.2) is 71.8 Å². The van der Waals surface area contributed by atoms with E-state index >= 15 is 0 Å². The first-order valence-electron chi connectivity index (χ1n) is 19.2. The van der Waals surface area contributed by atoms with Crippen LogP contribution in [0.25, 0.3) is 0 Å². The molecule has 2 aromatic rings. The third-order valence-corrected chi connectivity index (χ3v) is 12.3. The van der Waals surface area contributed by atoms with Crippen molar-refractivity contribution >= 4 is 35.6 Å². The number of esters is 3. The fourth-order valence-electron chi connectivity index (χ4n) is 9.35. The summed E-state index contributed by atoms with van der Waals surface area (Å²) < 4.78 is 29.3. The van der Waals surface area contributed by atoms with Crippen molar-refractivity contribution < 1.29 is 67.8 Å². The van der Waals surface area contributed by atoms with Gasteiger partial charge in [0.2, 0.25) is 0 Å². The topological polar surface area (TPSA) is 221 Å². The highest BCUT2D eigenvalue weighted by molar-refractivity contribution is 6.11. The molecule has 4 N–H and O–H groups in total. The van der Waals surface area contributed by atoms with Gasteiger partial charge in [0.15, 0.2) is 17.5 Å². The second-order valence-corrected chi connectivity index (χ2v) is 17.4. The van der Waals surface area contributed by atoms with Gasteiger partial charge < -0.3 is 44.3 Å². The number of carbonyl (C=O) groups is 6. The Morgan fingerprint density at radius 3 is 2.10 bits per heavy atom. The molecule has 6 rings (SSSR count). The van der Waals surface area contributed by atoms with Gasteiger partial charge in [0.1, 0.15) is 41.4 Å². The van der Waals surface area contributed by atoms with Gasteiger partial charge in [-0.1, -0.05) is 62.4 Å². The van der Waals surface area contributed by atoms with Gasteiger partial charge in [-0.05, 0) is 63.5 Å². The zero-order chi connectivity index (χ0) is 42.7. The molecule has 3 fully saturated rings. The molecule has 0 spiro atoms. The van der Waals surface area contributed by atoms with Crippen molar-refractivity contribution in [1.29, 1.82) is 0 Å². The molecule has 2 bridgehead atoms. The van der Waals surface area contributed by atoms with Crippen LogP contribution in [0, 0.1) is 16.7 Å². The number of aliphatic hydroxyl groups is 3. The summed E-state index contributed by atoms with van der Waals surface area (Å²) in [6, 6.07) is 14.5. The van der Waals surface area contributed by atoms with Crippen molar-refractivity contribution in [3.8, 4) is 0 Å². The minimum atomic E-state index is -2.39. The Hall–Kier alpha value is -4.96. The molecule has 15 heteroatoms. The van der Waals surface area contributed by atoms with Crippen molar-refractivity contribution in [2.45, 2.75) is 122 Å². The number of fused-ring (bicyclic) bond motifs is 5. The predicted molar refractivity (Wildman–Crippen MR) is 203 cm³/mol. The van der Waals surface area contributed by atoms with Gasteiger partial charge >= 0.3 is 24.0 Å². The number of hydrogen-bond acceptors (Lipinski definition) is 14. The third kappa shape index (κ3) is 7.01. The van der Waals surface area contributed by atoms with Crippen molar-refractivity contribution in [2.24, 2.45) is 16.7 Å². The summed E-state index contributed by atoms with van der Waals surface area (Å²) >= 11 is 0. The maximum atomic E-state index is 14.9. The van der Waals surface area contributed by atoms with Gasteiger partial charge in [0.05, 0.1) is 29.5 Å². The molecule has 2 saturated carbocycles. The van der Waals surface area contributed by atoms with Crippen molar-refractivity contribution in [1.82, 2.24) is 5.32 Å². The van der Waals surface area contributed by atoms with E-state index in [0.717, 1.165) is 6.92 Å². The molecule has 58 heavy (non-hydrogen) atoms. The lowest BCUT2D eigenvalue weighted by atomic mass is 9.45. The Morgan fingerprint density at radius 1 is 0.948 bits per heavy atom. The summed E-state index contributed by atoms with van der Waals surface area (Å²) in [5.41, 5.74) is -8.57. The summed E-state index contributed by atoms with van der Waals surface area (Å²) in [6.45, 7) is 11.5. The summed E-state index contributed by atoms with van der Waals surface area (Å²) in [5.74, 6) is -6.33. The lowest BCUT2D eigenvalue weighted by Gasteiger charge is -2.65. The van der Waals surface area contributed by atoms with Gasteiger partial charge in [-0.3, -0.25) is 14.4 Å². The first-order valence-corrected chi connectivity index (χ1v) is 19.2. The average Bonchev–Trinajstić information content (AvgIpc) is 3.14. The van der Waals surface area contributed by atoms with Crippen LogP contribution in [0.1, 0.15) is 90.2 Å². The van der Waals surface area contributed by atoms with E-state index in [9.17, 15) is 44.1 Å². The molecule has 10 atom stereocenters. The lowest BCUT2D eigenvalue weighted by Crippen LogP contribution is -2.81. The number of ether oxygens (including phenoxy) is 5. The largest absolute Gasteiger partial charge is 0.456 e. The van der Waals surface area contributed by atoms with Crippen LogP contribution < -0.4 is 5.32 Å². The number of amides is 1. The Kier molecular flexibility index (Phi) is 11.0. The van der Waals surface area contributed by atoms with E-state index in [1.807, 2.05) is 0 Å². The predicted octanol–water partition coefficient (Wildman–Crippen LogP) is 3.47. The summed E-state index contributed by atoms with van der Waals surface area (Å²) in [4.78, 5) is 83.0. The van der Waals surface area contributed by atoms with Crippen molar-refractivity contribution in [3.63, 3.8) is 0 Å². The maximum absolute atomic E-state index is 14.9. The quantitative estimate of drug-likeness (QED) is 0.130. The highest BCUT2D eigenvalue weighted by Gasteiger charge is 2.78. The fourth-order valence-corrected chi connectivity index (χ4v) is 9.35. The molecule has 4 aliphatic rings. The SMILES string of the molecule is CC(=O)O[C@@]12CO[C@@H]1CC(=O)[C@@]1(C)C(=O)[C@H](O)C3=C(C)[C@@H](OC(=O)[C@H](O)[C@@H](NC(=O)OC(C)(C)C)c4ccccc4)C[C@@](O)([C@@H](OC(=O)c4ccccc4)[C@@H]12)C3(C)C.